The van der Waals surface area contributed by atoms with Crippen molar-refractivity contribution in [3.8, 4) is 17.6 Å². The average Bonchev–Trinajstić information content (AvgIpc) is 2.29. The standard InChI is InChI=1S/C12H14O3/c1-14-12-6-4-5-11(9-12)10-15-8-3-2-7-13/h4-6,9,13H,7-8,10H2,1H3. The van der Waals surface area contributed by atoms with Gasteiger partial charge < -0.3 is 14.6 Å². The molecule has 0 aliphatic rings. The molecule has 0 amide bonds. The van der Waals surface area contributed by atoms with Crippen molar-refractivity contribution in [1.29, 1.82) is 0 Å². The van der Waals surface area contributed by atoms with Gasteiger partial charge in [-0.15, -0.1) is 0 Å². The van der Waals surface area contributed by atoms with Crippen LogP contribution in [0.4, 0.5) is 0 Å². The summed E-state index contributed by atoms with van der Waals surface area (Å²) < 4.78 is 10.4. The fraction of sp³-hybridized carbons (Fsp3) is 0.333. The summed E-state index contributed by atoms with van der Waals surface area (Å²) in [6.07, 6.45) is 0. The fourth-order valence-electron chi connectivity index (χ4n) is 1.09. The second-order valence-electron chi connectivity index (χ2n) is 2.86. The van der Waals surface area contributed by atoms with Gasteiger partial charge in [0.2, 0.25) is 0 Å². The van der Waals surface area contributed by atoms with E-state index in [1.54, 1.807) is 7.11 Å². The molecule has 0 heterocycles. The van der Waals surface area contributed by atoms with Crippen LogP contribution in [0, 0.1) is 11.8 Å². The Balaban J connectivity index is 2.37. The van der Waals surface area contributed by atoms with Crippen LogP contribution in [0.25, 0.3) is 0 Å². The zero-order valence-electron chi connectivity index (χ0n) is 8.69. The Morgan fingerprint density at radius 1 is 1.33 bits per heavy atom. The summed E-state index contributed by atoms with van der Waals surface area (Å²) in [5, 5.41) is 8.41. The van der Waals surface area contributed by atoms with Crippen molar-refractivity contribution in [3.63, 3.8) is 0 Å². The van der Waals surface area contributed by atoms with Crippen molar-refractivity contribution in [2.75, 3.05) is 20.3 Å². The van der Waals surface area contributed by atoms with Crippen molar-refractivity contribution < 1.29 is 14.6 Å². The predicted molar refractivity (Wildman–Crippen MR) is 57.5 cm³/mol. The van der Waals surface area contributed by atoms with Crippen molar-refractivity contribution in [2.24, 2.45) is 0 Å². The van der Waals surface area contributed by atoms with Gasteiger partial charge >= 0.3 is 0 Å². The first-order valence-corrected chi connectivity index (χ1v) is 4.64. The van der Waals surface area contributed by atoms with Crippen LogP contribution in [-0.4, -0.2) is 25.4 Å². The molecule has 3 heteroatoms. The lowest BCUT2D eigenvalue weighted by molar-refractivity contribution is 0.153. The van der Waals surface area contributed by atoms with Gasteiger partial charge in [-0.1, -0.05) is 24.0 Å². The zero-order chi connectivity index (χ0) is 10.9. The summed E-state index contributed by atoms with van der Waals surface area (Å²) in [4.78, 5) is 0. The predicted octanol–water partition coefficient (Wildman–Crippen LogP) is 1.21. The lowest BCUT2D eigenvalue weighted by atomic mass is 10.2. The molecule has 0 aliphatic heterocycles. The van der Waals surface area contributed by atoms with Crippen molar-refractivity contribution in [1.82, 2.24) is 0 Å². The van der Waals surface area contributed by atoms with Crippen LogP contribution in [-0.2, 0) is 11.3 Å². The van der Waals surface area contributed by atoms with Gasteiger partial charge in [0, 0.05) is 0 Å². The van der Waals surface area contributed by atoms with E-state index in [9.17, 15) is 0 Å². The highest BCUT2D eigenvalue weighted by molar-refractivity contribution is 5.27. The van der Waals surface area contributed by atoms with Gasteiger partial charge in [-0.25, -0.2) is 0 Å². The van der Waals surface area contributed by atoms with E-state index in [2.05, 4.69) is 11.8 Å². The molecule has 0 aliphatic carbocycles. The molecule has 3 nitrogen and oxygen atoms in total. The van der Waals surface area contributed by atoms with Crippen LogP contribution in [0.15, 0.2) is 24.3 Å². The van der Waals surface area contributed by atoms with Crippen LogP contribution in [0.1, 0.15) is 5.56 Å². The Kier molecular flexibility index (Phi) is 5.31. The summed E-state index contributed by atoms with van der Waals surface area (Å²) >= 11 is 0. The van der Waals surface area contributed by atoms with Gasteiger partial charge in [0.05, 0.1) is 13.7 Å². The third-order valence-electron chi connectivity index (χ3n) is 1.78. The Hall–Kier alpha value is -1.50. The van der Waals surface area contributed by atoms with Crippen LogP contribution in [0.5, 0.6) is 5.75 Å². The largest absolute Gasteiger partial charge is 0.497 e. The highest BCUT2D eigenvalue weighted by atomic mass is 16.5. The molecule has 0 aromatic heterocycles. The molecule has 80 valence electrons. The van der Waals surface area contributed by atoms with E-state index in [4.69, 9.17) is 14.6 Å². The molecule has 0 fully saturated rings. The van der Waals surface area contributed by atoms with Crippen LogP contribution in [0.3, 0.4) is 0 Å². The highest BCUT2D eigenvalue weighted by Gasteiger charge is 1.94. The lowest BCUT2D eigenvalue weighted by Gasteiger charge is -2.03. The van der Waals surface area contributed by atoms with E-state index < -0.39 is 0 Å². The minimum Gasteiger partial charge on any atom is -0.497 e. The maximum Gasteiger partial charge on any atom is 0.119 e. The molecule has 1 rings (SSSR count). The molecule has 0 unspecified atom stereocenters. The zero-order valence-corrected chi connectivity index (χ0v) is 8.69. The summed E-state index contributed by atoms with van der Waals surface area (Å²) in [5.74, 6) is 6.01. The number of aliphatic hydroxyl groups is 1. The minimum atomic E-state index is -0.123. The third kappa shape index (κ3) is 4.50. The number of rotatable bonds is 4. The fourth-order valence-corrected chi connectivity index (χ4v) is 1.09. The van der Waals surface area contributed by atoms with E-state index in [1.165, 1.54) is 0 Å². The Labute approximate surface area is 89.6 Å². The van der Waals surface area contributed by atoms with E-state index in [0.717, 1.165) is 11.3 Å². The van der Waals surface area contributed by atoms with Gasteiger partial charge in [-0.3, -0.25) is 0 Å². The number of hydrogen-bond acceptors (Lipinski definition) is 3. The first kappa shape index (κ1) is 11.6. The molecule has 0 saturated carbocycles. The van der Waals surface area contributed by atoms with Gasteiger partial charge in [0.1, 0.15) is 19.0 Å². The molecule has 1 aromatic carbocycles. The SMILES string of the molecule is COc1cccc(COCC#CCO)c1. The molecule has 0 bridgehead atoms. The maximum atomic E-state index is 8.41. The van der Waals surface area contributed by atoms with E-state index >= 15 is 0 Å². The van der Waals surface area contributed by atoms with Crippen LogP contribution >= 0.6 is 0 Å². The summed E-state index contributed by atoms with van der Waals surface area (Å²) in [7, 11) is 1.63. The van der Waals surface area contributed by atoms with E-state index in [1.807, 2.05) is 24.3 Å². The third-order valence-corrected chi connectivity index (χ3v) is 1.78. The van der Waals surface area contributed by atoms with Crippen molar-refractivity contribution in [3.05, 3.63) is 29.8 Å². The second kappa shape index (κ2) is 6.88. The number of benzene rings is 1. The Bertz CT molecular complexity index is 349. The summed E-state index contributed by atoms with van der Waals surface area (Å²) in [6.45, 7) is 0.706. The smallest absolute Gasteiger partial charge is 0.119 e. The van der Waals surface area contributed by atoms with Gasteiger partial charge in [-0.05, 0) is 17.7 Å². The topological polar surface area (TPSA) is 38.7 Å². The summed E-state index contributed by atoms with van der Waals surface area (Å²) in [5.41, 5.74) is 1.04. The van der Waals surface area contributed by atoms with Crippen molar-refractivity contribution >= 4 is 0 Å². The first-order valence-electron chi connectivity index (χ1n) is 4.64. The molecule has 0 spiro atoms. The monoisotopic (exact) mass is 206 g/mol. The van der Waals surface area contributed by atoms with Gasteiger partial charge in [0.25, 0.3) is 0 Å². The Morgan fingerprint density at radius 2 is 2.20 bits per heavy atom. The number of hydrogen-bond donors (Lipinski definition) is 1. The molecule has 1 N–H and O–H groups in total. The van der Waals surface area contributed by atoms with Crippen LogP contribution < -0.4 is 4.74 Å². The second-order valence-corrected chi connectivity index (χ2v) is 2.86. The van der Waals surface area contributed by atoms with Gasteiger partial charge in [-0.2, -0.15) is 0 Å². The summed E-state index contributed by atoms with van der Waals surface area (Å²) in [6, 6.07) is 7.67. The number of methoxy groups -OCH3 is 1. The Morgan fingerprint density at radius 3 is 2.93 bits per heavy atom. The van der Waals surface area contributed by atoms with Gasteiger partial charge in [0.15, 0.2) is 0 Å². The molecule has 15 heavy (non-hydrogen) atoms. The highest BCUT2D eigenvalue weighted by Crippen LogP contribution is 2.12. The lowest BCUT2D eigenvalue weighted by Crippen LogP contribution is -1.94. The molecular weight excluding hydrogens is 192 g/mol. The first-order chi connectivity index (χ1) is 7.36. The molecule has 1 aromatic rings. The quantitative estimate of drug-likeness (QED) is 0.594. The molecule has 0 atom stereocenters. The molecule has 0 radical (unpaired) electrons. The maximum absolute atomic E-state index is 8.41. The van der Waals surface area contributed by atoms with Crippen LogP contribution in [0.2, 0.25) is 0 Å². The minimum absolute atomic E-state index is 0.123. The number of aliphatic hydroxyl groups excluding tert-OH is 1. The normalized spacial score (nSPS) is 9.20. The van der Waals surface area contributed by atoms with E-state index in [0.29, 0.717) is 13.2 Å². The van der Waals surface area contributed by atoms with Crippen molar-refractivity contribution in [2.45, 2.75) is 6.61 Å². The molecular formula is C12H14O3. The van der Waals surface area contributed by atoms with E-state index in [-0.39, 0.29) is 6.61 Å². The number of ether oxygens (including phenoxy) is 2. The average molecular weight is 206 g/mol. The molecule has 0 saturated heterocycles.